The van der Waals surface area contributed by atoms with E-state index >= 15 is 0 Å². The second kappa shape index (κ2) is 5.29. The third kappa shape index (κ3) is 3.05. The summed E-state index contributed by atoms with van der Waals surface area (Å²) in [4.78, 5) is 14.0. The zero-order chi connectivity index (χ0) is 12.3. The Kier molecular flexibility index (Phi) is 3.76. The highest BCUT2D eigenvalue weighted by molar-refractivity contribution is 5.82. The second-order valence-electron chi connectivity index (χ2n) is 4.70. The van der Waals surface area contributed by atoms with E-state index in [1.165, 1.54) is 12.8 Å². The van der Waals surface area contributed by atoms with Crippen molar-refractivity contribution in [3.63, 3.8) is 0 Å². The normalized spacial score (nSPS) is 16.9. The van der Waals surface area contributed by atoms with Gasteiger partial charge in [0.1, 0.15) is 6.04 Å². The first-order valence-corrected chi connectivity index (χ1v) is 5.98. The minimum Gasteiger partial charge on any atom is -0.293 e. The number of hydrogen-bond acceptors (Lipinski definition) is 3. The molecule has 0 heterocycles. The molecule has 0 spiro atoms. The van der Waals surface area contributed by atoms with Gasteiger partial charge in [0.05, 0.1) is 0 Å². The number of benzene rings is 1. The van der Waals surface area contributed by atoms with Crippen molar-refractivity contribution in [3.8, 4) is 0 Å². The molecule has 3 N–H and O–H groups in total. The number of amides is 1. The molecule has 0 bridgehead atoms. The second-order valence-corrected chi connectivity index (χ2v) is 4.70. The van der Waals surface area contributed by atoms with Crippen LogP contribution in [0.1, 0.15) is 24.4 Å². The van der Waals surface area contributed by atoms with Crippen molar-refractivity contribution in [2.45, 2.75) is 18.9 Å². The van der Waals surface area contributed by atoms with Crippen LogP contribution in [-0.2, 0) is 4.79 Å². The first kappa shape index (κ1) is 12.1. The average molecular weight is 233 g/mol. The first-order chi connectivity index (χ1) is 8.22. The zero-order valence-corrected chi connectivity index (χ0v) is 10.1. The van der Waals surface area contributed by atoms with Crippen LogP contribution >= 0.6 is 0 Å². The van der Waals surface area contributed by atoms with Crippen LogP contribution in [-0.4, -0.2) is 24.4 Å². The number of rotatable bonds is 5. The Bertz CT molecular complexity index is 376. The molecule has 1 amide bonds. The summed E-state index contributed by atoms with van der Waals surface area (Å²) in [5.41, 5.74) is 3.24. The molecule has 1 atom stereocenters. The van der Waals surface area contributed by atoms with Gasteiger partial charge in [-0.2, -0.15) is 0 Å². The Morgan fingerprint density at radius 2 is 2.12 bits per heavy atom. The standard InChI is InChI=1S/C13H19N3O/c1-16(9-10-7-8-10)12(13(17)15-14)11-5-3-2-4-6-11/h2-6,10,12H,7-9,14H2,1H3,(H,15,17). The molecule has 92 valence electrons. The number of hydrogen-bond donors (Lipinski definition) is 2. The molecule has 0 radical (unpaired) electrons. The lowest BCUT2D eigenvalue weighted by molar-refractivity contribution is -0.126. The Morgan fingerprint density at radius 1 is 1.47 bits per heavy atom. The number of likely N-dealkylation sites (N-methyl/N-ethyl adjacent to an activating group) is 1. The fourth-order valence-corrected chi connectivity index (χ4v) is 2.13. The van der Waals surface area contributed by atoms with Gasteiger partial charge in [0.25, 0.3) is 5.91 Å². The molecule has 0 aliphatic heterocycles. The fraction of sp³-hybridized carbons (Fsp3) is 0.462. The van der Waals surface area contributed by atoms with Gasteiger partial charge in [-0.15, -0.1) is 0 Å². The van der Waals surface area contributed by atoms with Crippen LogP contribution in [0, 0.1) is 5.92 Å². The minimum absolute atomic E-state index is 0.153. The molecular formula is C13H19N3O. The highest BCUT2D eigenvalue weighted by Crippen LogP contribution is 2.32. The summed E-state index contributed by atoms with van der Waals surface area (Å²) in [5, 5.41) is 0. The lowest BCUT2D eigenvalue weighted by Crippen LogP contribution is -2.42. The molecule has 1 aromatic carbocycles. The van der Waals surface area contributed by atoms with Gasteiger partial charge < -0.3 is 0 Å². The maximum atomic E-state index is 11.9. The number of carbonyl (C=O) groups excluding carboxylic acids is 1. The van der Waals surface area contributed by atoms with Crippen molar-refractivity contribution in [1.82, 2.24) is 10.3 Å². The highest BCUT2D eigenvalue weighted by atomic mass is 16.2. The van der Waals surface area contributed by atoms with Crippen molar-refractivity contribution >= 4 is 5.91 Å². The maximum Gasteiger partial charge on any atom is 0.255 e. The Balaban J connectivity index is 2.14. The molecule has 0 aromatic heterocycles. The molecule has 1 aliphatic rings. The number of nitrogens with one attached hydrogen (secondary N) is 1. The van der Waals surface area contributed by atoms with Gasteiger partial charge >= 0.3 is 0 Å². The quantitative estimate of drug-likeness (QED) is 0.454. The lowest BCUT2D eigenvalue weighted by Gasteiger charge is -2.26. The predicted octanol–water partition coefficient (Wildman–Crippen LogP) is 1.06. The van der Waals surface area contributed by atoms with Crippen LogP contribution in [0.25, 0.3) is 0 Å². The van der Waals surface area contributed by atoms with Crippen molar-refractivity contribution in [3.05, 3.63) is 35.9 Å². The molecule has 17 heavy (non-hydrogen) atoms. The average Bonchev–Trinajstić information content (AvgIpc) is 3.14. The molecule has 4 nitrogen and oxygen atoms in total. The molecule has 4 heteroatoms. The third-order valence-electron chi connectivity index (χ3n) is 3.19. The molecule has 1 aliphatic carbocycles. The highest BCUT2D eigenvalue weighted by Gasteiger charge is 2.30. The van der Waals surface area contributed by atoms with Crippen LogP contribution in [0.3, 0.4) is 0 Å². The summed E-state index contributed by atoms with van der Waals surface area (Å²) < 4.78 is 0. The summed E-state index contributed by atoms with van der Waals surface area (Å²) in [6, 6.07) is 9.46. The van der Waals surface area contributed by atoms with Crippen LogP contribution in [0.15, 0.2) is 30.3 Å². The first-order valence-electron chi connectivity index (χ1n) is 5.98. The summed E-state index contributed by atoms with van der Waals surface area (Å²) in [5.74, 6) is 5.86. The van der Waals surface area contributed by atoms with Gasteiger partial charge in [0.15, 0.2) is 0 Å². The monoisotopic (exact) mass is 233 g/mol. The van der Waals surface area contributed by atoms with E-state index in [4.69, 9.17) is 5.84 Å². The van der Waals surface area contributed by atoms with E-state index in [0.29, 0.717) is 0 Å². The topological polar surface area (TPSA) is 58.4 Å². The molecule has 0 saturated heterocycles. The maximum absolute atomic E-state index is 11.9. The third-order valence-corrected chi connectivity index (χ3v) is 3.19. The Labute approximate surface area is 102 Å². The van der Waals surface area contributed by atoms with Crippen molar-refractivity contribution in [1.29, 1.82) is 0 Å². The zero-order valence-electron chi connectivity index (χ0n) is 10.1. The van der Waals surface area contributed by atoms with Gasteiger partial charge in [-0.25, -0.2) is 5.84 Å². The Hall–Kier alpha value is -1.39. The summed E-state index contributed by atoms with van der Waals surface area (Å²) in [7, 11) is 1.98. The largest absolute Gasteiger partial charge is 0.293 e. The molecule has 1 unspecified atom stereocenters. The van der Waals surface area contributed by atoms with E-state index in [-0.39, 0.29) is 11.9 Å². The van der Waals surface area contributed by atoms with Gasteiger partial charge in [-0.05, 0) is 31.4 Å². The van der Waals surface area contributed by atoms with Crippen LogP contribution in [0.5, 0.6) is 0 Å². The van der Waals surface area contributed by atoms with E-state index in [0.717, 1.165) is 18.0 Å². The lowest BCUT2D eigenvalue weighted by atomic mass is 10.0. The minimum atomic E-state index is -0.290. The molecule has 1 saturated carbocycles. The number of nitrogens with two attached hydrogens (primary N) is 1. The Morgan fingerprint density at radius 3 is 2.65 bits per heavy atom. The molecule has 2 rings (SSSR count). The number of nitrogens with zero attached hydrogens (tertiary/aromatic N) is 1. The van der Waals surface area contributed by atoms with Crippen molar-refractivity contribution < 1.29 is 4.79 Å². The van der Waals surface area contributed by atoms with E-state index < -0.39 is 0 Å². The number of hydrazine groups is 1. The van der Waals surface area contributed by atoms with E-state index in [1.54, 1.807) is 0 Å². The van der Waals surface area contributed by atoms with E-state index in [9.17, 15) is 4.79 Å². The van der Waals surface area contributed by atoms with Crippen LogP contribution in [0.4, 0.5) is 0 Å². The van der Waals surface area contributed by atoms with E-state index in [1.807, 2.05) is 37.4 Å². The van der Waals surface area contributed by atoms with E-state index in [2.05, 4.69) is 10.3 Å². The van der Waals surface area contributed by atoms with Crippen molar-refractivity contribution in [2.24, 2.45) is 11.8 Å². The SMILES string of the molecule is CN(CC1CC1)C(C(=O)NN)c1ccccc1. The molecular weight excluding hydrogens is 214 g/mol. The van der Waals surface area contributed by atoms with Gasteiger partial charge in [-0.1, -0.05) is 30.3 Å². The number of carbonyl (C=O) groups is 1. The van der Waals surface area contributed by atoms with Gasteiger partial charge in [0.2, 0.25) is 0 Å². The molecule has 1 fully saturated rings. The van der Waals surface area contributed by atoms with Gasteiger partial charge in [0, 0.05) is 6.54 Å². The van der Waals surface area contributed by atoms with Crippen molar-refractivity contribution in [2.75, 3.05) is 13.6 Å². The smallest absolute Gasteiger partial charge is 0.255 e. The summed E-state index contributed by atoms with van der Waals surface area (Å²) in [6.07, 6.45) is 2.55. The summed E-state index contributed by atoms with van der Waals surface area (Å²) in [6.45, 7) is 0.951. The van der Waals surface area contributed by atoms with Crippen LogP contribution < -0.4 is 11.3 Å². The summed E-state index contributed by atoms with van der Waals surface area (Å²) >= 11 is 0. The predicted molar refractivity (Wildman–Crippen MR) is 66.9 cm³/mol. The van der Waals surface area contributed by atoms with Crippen LogP contribution in [0.2, 0.25) is 0 Å². The fourth-order valence-electron chi connectivity index (χ4n) is 2.13. The van der Waals surface area contributed by atoms with Gasteiger partial charge in [-0.3, -0.25) is 15.1 Å². The molecule has 1 aromatic rings.